The number of hydrogen-bond donors (Lipinski definition) is 12. The molecule has 0 spiro atoms. The molecule has 0 saturated heterocycles. The monoisotopic (exact) mass is 1840 g/mol. The summed E-state index contributed by atoms with van der Waals surface area (Å²) in [7, 11) is 0. The molecule has 4 aromatic heterocycles. The second-order valence-electron chi connectivity index (χ2n) is 32.0. The van der Waals surface area contributed by atoms with E-state index in [9.17, 15) is 33.2 Å². The topological polar surface area (TPSA) is 406 Å². The molecule has 0 radical (unpaired) electrons. The highest BCUT2D eigenvalue weighted by molar-refractivity contribution is 6.34. The summed E-state index contributed by atoms with van der Waals surface area (Å²) in [6.07, 6.45) is 17.7. The first-order chi connectivity index (χ1) is 66.1. The molecule has 12 aromatic carbocycles. The van der Waals surface area contributed by atoms with E-state index in [1.165, 1.54) is 30.6 Å². The van der Waals surface area contributed by atoms with Crippen molar-refractivity contribution in [3.8, 4) is 0 Å². The van der Waals surface area contributed by atoms with Crippen LogP contribution in [-0.4, -0.2) is 75.3 Å². The van der Waals surface area contributed by atoms with Crippen LogP contribution in [0, 0.1) is 40.4 Å². The zero-order valence-corrected chi connectivity index (χ0v) is 76.3. The molecule has 137 heavy (non-hydrogen) atoms. The van der Waals surface area contributed by atoms with Crippen LogP contribution in [0.1, 0.15) is 142 Å². The average Bonchev–Trinajstić information content (AvgIpc) is 0.838. The van der Waals surface area contributed by atoms with Gasteiger partial charge in [0.1, 0.15) is 29.1 Å². The van der Waals surface area contributed by atoms with Gasteiger partial charge in [0.15, 0.2) is 0 Å². The third-order valence-electron chi connectivity index (χ3n) is 20.8. The van der Waals surface area contributed by atoms with Crippen molar-refractivity contribution in [1.29, 1.82) is 0 Å². The molecule has 0 aliphatic heterocycles. The van der Waals surface area contributed by atoms with Crippen molar-refractivity contribution in [3.05, 3.63) is 471 Å². The van der Waals surface area contributed by atoms with E-state index in [4.69, 9.17) is 34.5 Å². The molecular weight excluding hydrogens is 1740 g/mol. The normalized spacial score (nSPS) is 10.6. The number of nitrogens with zero attached hydrogens (tertiary/aromatic N) is 8. The molecule has 0 aliphatic carbocycles. The Kier molecular flexibility index (Phi) is 32.9. The third kappa shape index (κ3) is 29.3. The summed E-state index contributed by atoms with van der Waals surface area (Å²) in [5, 5.41) is 23.4. The van der Waals surface area contributed by atoms with Crippen LogP contribution in [0.2, 0.25) is 5.02 Å². The minimum Gasteiger partial charge on any atom is -0.399 e. The Hall–Kier alpha value is -18.0. The number of carbonyl (C=O) groups is 6. The van der Waals surface area contributed by atoms with Crippen molar-refractivity contribution in [2.45, 2.75) is 60.3 Å². The van der Waals surface area contributed by atoms with E-state index in [1.54, 1.807) is 104 Å². The highest BCUT2D eigenvalue weighted by Gasteiger charge is 2.20. The molecule has 0 unspecified atom stereocenters. The van der Waals surface area contributed by atoms with Gasteiger partial charge in [-0.05, 0) is 230 Å². The van der Waals surface area contributed by atoms with Crippen molar-refractivity contribution >= 4 is 133 Å². The number of anilines is 12. The third-order valence-corrected chi connectivity index (χ3v) is 21.2. The lowest BCUT2D eigenvalue weighted by atomic mass is 10.0. The van der Waals surface area contributed by atoms with Gasteiger partial charge in [0.2, 0.25) is 5.91 Å². The van der Waals surface area contributed by atoms with Gasteiger partial charge in [-0.25, -0.2) is 44.3 Å². The Labute approximate surface area is 797 Å². The van der Waals surface area contributed by atoms with Crippen LogP contribution in [0.25, 0.3) is 17.5 Å². The van der Waals surface area contributed by atoms with Crippen LogP contribution in [0.4, 0.5) is 72.6 Å². The number of nitrogens with two attached hydrogens (primary N) is 4. The highest BCUT2D eigenvalue weighted by atomic mass is 35.5. The minimum absolute atomic E-state index is 0.106. The van der Waals surface area contributed by atoms with Crippen LogP contribution in [0.5, 0.6) is 0 Å². The molecule has 16 rings (SSSR count). The van der Waals surface area contributed by atoms with Crippen LogP contribution < -0.4 is 65.5 Å². The average molecular weight is 1840 g/mol. The first-order valence-corrected chi connectivity index (χ1v) is 43.6. The highest BCUT2D eigenvalue weighted by Crippen LogP contribution is 2.29. The lowest BCUT2D eigenvalue weighted by molar-refractivity contribution is -0.111. The molecule has 26 nitrogen and oxygen atoms in total. The fourth-order valence-electron chi connectivity index (χ4n) is 13.9. The number of rotatable bonds is 27. The minimum atomic E-state index is -0.636. The Balaban J connectivity index is 0.000000154. The molecule has 6 amide bonds. The molecule has 16 N–H and O–H groups in total. The molecule has 0 saturated carbocycles. The second kappa shape index (κ2) is 46.7. The van der Waals surface area contributed by atoms with E-state index in [0.717, 1.165) is 72.5 Å². The number of aryl methyl sites for hydroxylation is 5. The molecular formula is C109H98ClFN20O6. The van der Waals surface area contributed by atoms with Gasteiger partial charge < -0.3 is 65.5 Å². The number of halogens is 2. The Morgan fingerprint density at radius 1 is 0.307 bits per heavy atom. The van der Waals surface area contributed by atoms with Gasteiger partial charge in [-0.3, -0.25) is 28.8 Å². The van der Waals surface area contributed by atoms with Crippen LogP contribution in [0.15, 0.2) is 342 Å². The van der Waals surface area contributed by atoms with E-state index < -0.39 is 11.7 Å². The van der Waals surface area contributed by atoms with Crippen molar-refractivity contribution in [2.24, 2.45) is 0 Å². The number of carbonyl (C=O) groups excluding carboxylic acids is 6. The van der Waals surface area contributed by atoms with Gasteiger partial charge in [-0.2, -0.15) is 0 Å². The molecule has 16 aromatic rings. The van der Waals surface area contributed by atoms with Gasteiger partial charge in [0.25, 0.3) is 29.5 Å². The number of benzene rings is 12. The summed E-state index contributed by atoms with van der Waals surface area (Å²) in [6, 6.07) is 82.7. The van der Waals surface area contributed by atoms with Crippen LogP contribution >= 0.6 is 11.6 Å². The number of amides is 6. The van der Waals surface area contributed by atoms with E-state index >= 15 is 0 Å². The lowest BCUT2D eigenvalue weighted by Gasteiger charge is -2.13. The molecule has 28 heteroatoms. The predicted molar refractivity (Wildman–Crippen MR) is 546 cm³/mol. The Morgan fingerprint density at radius 2 is 0.642 bits per heavy atom. The Morgan fingerprint density at radius 3 is 1.06 bits per heavy atom. The predicted octanol–water partition coefficient (Wildman–Crippen LogP) is 21.0. The maximum atomic E-state index is 14.4. The maximum absolute atomic E-state index is 14.4. The standard InChI is InChI=1S/C28H25N5O2.C27H24ClN5O.C27H24FN5O.C27H25N5O2/c1-19-10-12-23(32-27(34)13-11-20-6-3-2-4-7-20)16-25(19)28(35)33-24-17-30-26(31-18-24)15-21-8-5-9-22(29)14-21;2*1-17-5-3-7-20(11-17)18(2)32-22-9-10-25(28)24(14-22)27(34)33-23-15-30-26(31-16-23)13-19-6-4-8-21(29)12-19;1-17-5-3-8-22(11-17)31-26(33)20-10-9-18(2)24(14-20)27(34)32-23-15-29-25(30-16-23)13-19-6-4-7-21(28)12-19/h2-14,16-18H,15,29H2,1H3,(H,32,34)(H,33,35);2*3-12,14-16,32H,2,13,29H2,1H3,(H,33,34);3-12,14-16H,13,28H2,1-2H3,(H,31,33)(H,32,34)/b13-11+;;;. The fourth-order valence-corrected chi connectivity index (χ4v) is 14.1. The molecule has 0 fully saturated rings. The number of nitrogens with one attached hydrogen (secondary N) is 8. The first-order valence-electron chi connectivity index (χ1n) is 43.2. The van der Waals surface area contributed by atoms with Gasteiger partial charge in [-0.15, -0.1) is 0 Å². The second-order valence-corrected chi connectivity index (χ2v) is 32.4. The molecule has 0 bridgehead atoms. The number of hydrogen-bond acceptors (Lipinski definition) is 20. The lowest BCUT2D eigenvalue weighted by Crippen LogP contribution is -2.17. The van der Waals surface area contributed by atoms with Gasteiger partial charge in [0.05, 0.1) is 88.5 Å². The quantitative estimate of drug-likeness (QED) is 0.0168. The number of nitrogen functional groups attached to an aromatic ring is 4. The van der Waals surface area contributed by atoms with E-state index in [2.05, 4.69) is 95.6 Å². The van der Waals surface area contributed by atoms with Crippen LogP contribution in [0.3, 0.4) is 0 Å². The maximum Gasteiger partial charge on any atom is 0.258 e. The smallest absolute Gasteiger partial charge is 0.258 e. The Bertz CT molecular complexity index is 6900. The van der Waals surface area contributed by atoms with Crippen molar-refractivity contribution < 1.29 is 33.2 Å². The van der Waals surface area contributed by atoms with Gasteiger partial charge in [-0.1, -0.05) is 175 Å². The summed E-state index contributed by atoms with van der Waals surface area (Å²) < 4.78 is 14.4. The zero-order chi connectivity index (χ0) is 96.9. The SMILES string of the molecule is C=C(Nc1ccc(Cl)c(C(=O)Nc2cnc(Cc3cccc(N)c3)nc2)c1)c1cccc(C)c1.C=C(Nc1ccc(F)c(C(=O)Nc2cnc(Cc3cccc(N)c3)nc2)c1)c1cccc(C)c1.Cc1ccc(NC(=O)/C=C/c2ccccc2)cc1C(=O)Nc1cnc(Cc2cccc(N)c2)nc1.Cc1cccc(NC(=O)c2ccc(C)c(C(=O)Nc3cnc(Cc4cccc(N)c4)nc3)c2)c1. The fraction of sp³-hybridized carbons (Fsp3) is 0.0826. The first kappa shape index (κ1) is 96.6. The largest absolute Gasteiger partial charge is 0.399 e. The molecule has 0 atom stereocenters. The number of aromatic nitrogens is 8. The van der Waals surface area contributed by atoms with Crippen molar-refractivity contribution in [1.82, 2.24) is 39.9 Å². The summed E-state index contributed by atoms with van der Waals surface area (Å²) in [6.45, 7) is 17.8. The van der Waals surface area contributed by atoms with Crippen molar-refractivity contribution in [3.63, 3.8) is 0 Å². The van der Waals surface area contributed by atoms with Crippen LogP contribution in [-0.2, 0) is 30.5 Å². The van der Waals surface area contributed by atoms with E-state index in [0.29, 0.717) is 150 Å². The van der Waals surface area contributed by atoms with Gasteiger partial charge in [0, 0.05) is 105 Å². The summed E-state index contributed by atoms with van der Waals surface area (Å²) >= 11 is 6.31. The van der Waals surface area contributed by atoms with Gasteiger partial charge >= 0.3 is 0 Å². The zero-order valence-electron chi connectivity index (χ0n) is 75.6. The molecule has 0 aliphatic rings. The van der Waals surface area contributed by atoms with E-state index in [1.807, 2.05) is 235 Å². The van der Waals surface area contributed by atoms with Crippen molar-refractivity contribution in [2.75, 3.05) is 65.5 Å². The molecule has 684 valence electrons. The molecule has 4 heterocycles. The summed E-state index contributed by atoms with van der Waals surface area (Å²) in [5.74, 6) is -0.367. The van der Waals surface area contributed by atoms with E-state index in [-0.39, 0.29) is 35.1 Å². The summed E-state index contributed by atoms with van der Waals surface area (Å²) in [5.41, 5.74) is 44.7. The summed E-state index contributed by atoms with van der Waals surface area (Å²) in [4.78, 5) is 111.